The Balaban J connectivity index is 2.94. The van der Waals surface area contributed by atoms with Crippen LogP contribution >= 0.6 is 0 Å². The molecule has 0 saturated carbocycles. The Labute approximate surface area is 36.5 Å². The summed E-state index contributed by atoms with van der Waals surface area (Å²) in [5, 5.41) is 0. The van der Waals surface area contributed by atoms with E-state index in [1.165, 1.54) is 12.4 Å². The first kappa shape index (κ1) is 5.17. The number of nitrogens with zero attached hydrogens (tertiary/aromatic N) is 1. The highest BCUT2D eigenvalue weighted by molar-refractivity contribution is 5.25. The van der Waals surface area contributed by atoms with Crippen molar-refractivity contribution >= 4 is 6.72 Å². The summed E-state index contributed by atoms with van der Waals surface area (Å²) in [7, 11) is 0. The van der Waals surface area contributed by atoms with E-state index in [0.717, 1.165) is 0 Å². The Bertz CT molecular complexity index is 57.1. The molecule has 0 aromatic rings. The molecule has 0 aromatic carbocycles. The van der Waals surface area contributed by atoms with Crippen molar-refractivity contribution in [1.29, 1.82) is 0 Å². The first-order valence-corrected chi connectivity index (χ1v) is 1.49. The molecule has 0 bridgehead atoms. The third-order valence-corrected chi connectivity index (χ3v) is 0.276. The molecule has 0 aliphatic rings. The lowest BCUT2D eigenvalue weighted by atomic mass is 10.9. The van der Waals surface area contributed by atoms with E-state index in [1.54, 1.807) is 0 Å². The molecule has 34 valence electrons. The highest BCUT2D eigenvalue weighted by atomic mass is 15.2. The van der Waals surface area contributed by atoms with Crippen molar-refractivity contribution < 1.29 is 0 Å². The number of hydrogen-bond acceptors (Lipinski definition) is 3. The third-order valence-electron chi connectivity index (χ3n) is 0.276. The smallest absolute Gasteiger partial charge is 0.0431 e. The van der Waals surface area contributed by atoms with E-state index in [1.807, 2.05) is 0 Å². The summed E-state index contributed by atoms with van der Waals surface area (Å²) < 4.78 is 0. The van der Waals surface area contributed by atoms with Crippen molar-refractivity contribution in [2.45, 2.75) is 0 Å². The van der Waals surface area contributed by atoms with Gasteiger partial charge in [0.25, 0.3) is 0 Å². The van der Waals surface area contributed by atoms with Gasteiger partial charge in [-0.25, -0.2) is 0 Å². The topological polar surface area (TPSA) is 50.4 Å². The van der Waals surface area contributed by atoms with Gasteiger partial charge in [0.2, 0.25) is 0 Å². The normalized spacial score (nSPS) is 8.83. The fraction of sp³-hybridized carbons (Fsp3) is 0. The van der Waals surface area contributed by atoms with Crippen molar-refractivity contribution in [2.24, 2.45) is 10.8 Å². The molecule has 6 heavy (non-hydrogen) atoms. The Morgan fingerprint density at radius 1 is 1.83 bits per heavy atom. The van der Waals surface area contributed by atoms with Crippen molar-refractivity contribution in [1.82, 2.24) is 5.43 Å². The number of nitrogens with two attached hydrogens (primary N) is 1. The van der Waals surface area contributed by atoms with Crippen LogP contribution in [-0.2, 0) is 0 Å². The Kier molecular flexibility index (Phi) is 3.59. The highest BCUT2D eigenvalue weighted by Gasteiger charge is 1.50. The molecule has 0 aliphatic carbocycles. The fourth-order valence-corrected chi connectivity index (χ4v) is 0.0957. The molecule has 0 heterocycles. The molecule has 0 saturated heterocycles. The second kappa shape index (κ2) is 4.17. The lowest BCUT2D eigenvalue weighted by molar-refractivity contribution is 0.964. The molecule has 0 aromatic heterocycles. The highest BCUT2D eigenvalue weighted by Crippen LogP contribution is 1.59. The summed E-state index contributed by atoms with van der Waals surface area (Å²) in [5.41, 5.74) is 2.25. The van der Waals surface area contributed by atoms with Crippen LogP contribution in [0.5, 0.6) is 0 Å². The molecule has 0 radical (unpaired) electrons. The van der Waals surface area contributed by atoms with Crippen molar-refractivity contribution in [2.75, 3.05) is 0 Å². The molecule has 0 spiro atoms. The van der Waals surface area contributed by atoms with Crippen LogP contribution in [0.4, 0.5) is 0 Å². The van der Waals surface area contributed by atoms with Crippen LogP contribution in [-0.4, -0.2) is 6.72 Å². The zero-order chi connectivity index (χ0) is 4.83. The van der Waals surface area contributed by atoms with Gasteiger partial charge in [0.05, 0.1) is 0 Å². The van der Waals surface area contributed by atoms with Gasteiger partial charge in [-0.1, -0.05) is 0 Å². The summed E-state index contributed by atoms with van der Waals surface area (Å²) in [5.74, 6) is 4.79. The van der Waals surface area contributed by atoms with Crippen molar-refractivity contribution in [3.8, 4) is 0 Å². The lowest BCUT2D eigenvalue weighted by Crippen LogP contribution is -2.12. The van der Waals surface area contributed by atoms with Gasteiger partial charge in [0.1, 0.15) is 0 Å². The molecule has 3 heteroatoms. The van der Waals surface area contributed by atoms with Crippen LogP contribution in [0.25, 0.3) is 0 Å². The number of hydrazine groups is 1. The molecule has 0 amide bonds. The zero-order valence-corrected chi connectivity index (χ0v) is 3.39. The minimum Gasteiger partial charge on any atom is -0.330 e. The fourth-order valence-electron chi connectivity index (χ4n) is 0.0957. The average molecular weight is 85.1 g/mol. The monoisotopic (exact) mass is 85.1 g/mol. The van der Waals surface area contributed by atoms with E-state index in [-0.39, 0.29) is 0 Å². The maximum absolute atomic E-state index is 4.79. The van der Waals surface area contributed by atoms with E-state index in [9.17, 15) is 0 Å². The van der Waals surface area contributed by atoms with Crippen LogP contribution in [0.2, 0.25) is 0 Å². The van der Waals surface area contributed by atoms with Crippen LogP contribution in [0.3, 0.4) is 0 Å². The largest absolute Gasteiger partial charge is 0.330 e. The molecule has 0 fully saturated rings. The van der Waals surface area contributed by atoms with Crippen LogP contribution in [0, 0.1) is 0 Å². The van der Waals surface area contributed by atoms with E-state index >= 15 is 0 Å². The first-order chi connectivity index (χ1) is 2.91. The van der Waals surface area contributed by atoms with Gasteiger partial charge in [-0.15, -0.1) is 0 Å². The SMILES string of the molecule is C=N/C=C\NN. The predicted molar refractivity (Wildman–Crippen MR) is 26.0 cm³/mol. The van der Waals surface area contributed by atoms with Gasteiger partial charge in [0.15, 0.2) is 0 Å². The van der Waals surface area contributed by atoms with E-state index < -0.39 is 0 Å². The summed E-state index contributed by atoms with van der Waals surface area (Å²) in [6.07, 6.45) is 2.94. The Morgan fingerprint density at radius 3 is 2.67 bits per heavy atom. The molecule has 0 aliphatic heterocycles. The second-order valence-electron chi connectivity index (χ2n) is 0.665. The maximum atomic E-state index is 4.79. The van der Waals surface area contributed by atoms with Gasteiger partial charge < -0.3 is 5.43 Å². The summed E-state index contributed by atoms with van der Waals surface area (Å²) >= 11 is 0. The molecule has 0 atom stereocenters. The minimum atomic E-state index is 1.46. The zero-order valence-electron chi connectivity index (χ0n) is 3.39. The molecule has 3 N–H and O–H groups in total. The quantitative estimate of drug-likeness (QED) is 0.273. The maximum Gasteiger partial charge on any atom is 0.0431 e. The average Bonchev–Trinajstić information content (AvgIpc) is 1.61. The van der Waals surface area contributed by atoms with Crippen LogP contribution in [0.1, 0.15) is 0 Å². The number of nitrogens with one attached hydrogen (secondary N) is 1. The van der Waals surface area contributed by atoms with E-state index in [4.69, 9.17) is 5.84 Å². The molecule has 0 rings (SSSR count). The predicted octanol–water partition coefficient (Wildman–Crippen LogP) is -0.379. The van der Waals surface area contributed by atoms with Gasteiger partial charge >= 0.3 is 0 Å². The van der Waals surface area contributed by atoms with Crippen molar-refractivity contribution in [3.63, 3.8) is 0 Å². The van der Waals surface area contributed by atoms with Gasteiger partial charge in [-0.05, 0) is 6.72 Å². The second-order valence-corrected chi connectivity index (χ2v) is 0.665. The van der Waals surface area contributed by atoms with E-state index in [2.05, 4.69) is 17.1 Å². The lowest BCUT2D eigenvalue weighted by Gasteiger charge is -1.77. The number of hydrogen-bond donors (Lipinski definition) is 2. The van der Waals surface area contributed by atoms with Crippen LogP contribution < -0.4 is 11.3 Å². The standard InChI is InChI=1S/C3H7N3/c1-5-2-3-6-4/h2-3,6H,1,4H2/b3-2-. The summed E-state index contributed by atoms with van der Waals surface area (Å²) in [4.78, 5) is 3.35. The molecule has 0 unspecified atom stereocenters. The summed E-state index contributed by atoms with van der Waals surface area (Å²) in [6, 6.07) is 0. The van der Waals surface area contributed by atoms with Gasteiger partial charge in [0, 0.05) is 12.4 Å². The molecule has 3 nitrogen and oxygen atoms in total. The first-order valence-electron chi connectivity index (χ1n) is 1.49. The molecular weight excluding hydrogens is 78.1 g/mol. The van der Waals surface area contributed by atoms with Crippen LogP contribution in [0.15, 0.2) is 17.4 Å². The van der Waals surface area contributed by atoms with E-state index in [0.29, 0.717) is 0 Å². The summed E-state index contributed by atoms with van der Waals surface area (Å²) in [6.45, 7) is 3.17. The third kappa shape index (κ3) is 3.17. The number of aliphatic imine (C=N–C) groups is 1. The minimum absolute atomic E-state index is 1.46. The number of rotatable bonds is 2. The van der Waals surface area contributed by atoms with Gasteiger partial charge in [-0.3, -0.25) is 10.8 Å². The van der Waals surface area contributed by atoms with Crippen molar-refractivity contribution in [3.05, 3.63) is 12.4 Å². The Hall–Kier alpha value is -0.830. The Morgan fingerprint density at radius 2 is 2.50 bits per heavy atom. The van der Waals surface area contributed by atoms with Gasteiger partial charge in [-0.2, -0.15) is 0 Å². The molecular formula is C3H7N3.